The van der Waals surface area contributed by atoms with Crippen molar-refractivity contribution >= 4 is 22.8 Å². The Hall–Kier alpha value is -3.48. The largest absolute Gasteiger partial charge is 0.454 e. The van der Waals surface area contributed by atoms with E-state index < -0.39 is 5.97 Å². The Bertz CT molecular complexity index is 1020. The van der Waals surface area contributed by atoms with Crippen LogP contribution in [0.3, 0.4) is 0 Å². The van der Waals surface area contributed by atoms with Crippen molar-refractivity contribution in [2.75, 3.05) is 13.4 Å². The highest BCUT2D eigenvalue weighted by Crippen LogP contribution is 2.32. The third-order valence-corrected chi connectivity index (χ3v) is 4.38. The molecule has 1 aliphatic heterocycles. The molecule has 0 bridgehead atoms. The molecule has 7 nitrogen and oxygen atoms in total. The van der Waals surface area contributed by atoms with E-state index in [1.54, 1.807) is 12.3 Å². The van der Waals surface area contributed by atoms with E-state index in [4.69, 9.17) is 14.2 Å². The molecule has 27 heavy (non-hydrogen) atoms. The van der Waals surface area contributed by atoms with Gasteiger partial charge in [0.2, 0.25) is 6.79 Å². The minimum atomic E-state index is -0.523. The van der Waals surface area contributed by atoms with Crippen LogP contribution in [0.2, 0.25) is 0 Å². The average Bonchev–Trinajstić information content (AvgIpc) is 3.29. The lowest BCUT2D eigenvalue weighted by molar-refractivity contribution is -0.124. The summed E-state index contributed by atoms with van der Waals surface area (Å²) in [6, 6.07) is 13.0. The predicted molar refractivity (Wildman–Crippen MR) is 97.6 cm³/mol. The number of hydrogen-bond acceptors (Lipinski definition) is 5. The molecule has 1 amide bonds. The Morgan fingerprint density at radius 2 is 1.96 bits per heavy atom. The molecule has 0 fully saturated rings. The van der Waals surface area contributed by atoms with Crippen molar-refractivity contribution in [3.8, 4) is 11.5 Å². The number of fused-ring (bicyclic) bond motifs is 2. The summed E-state index contributed by atoms with van der Waals surface area (Å²) in [6.45, 7) is 0.170. The molecular weight excluding hydrogens is 348 g/mol. The molecule has 3 aromatic rings. The SMILES string of the molecule is Cn1cc(C(=O)OCC(=O)NCc2ccc3c(c2)OCO3)c2ccccc21. The van der Waals surface area contributed by atoms with Crippen LogP contribution in [0.15, 0.2) is 48.7 Å². The maximum atomic E-state index is 12.3. The van der Waals surface area contributed by atoms with Crippen LogP contribution in [-0.2, 0) is 23.1 Å². The predicted octanol–water partition coefficient (Wildman–Crippen LogP) is 2.38. The zero-order valence-electron chi connectivity index (χ0n) is 14.7. The lowest BCUT2D eigenvalue weighted by Gasteiger charge is -2.07. The lowest BCUT2D eigenvalue weighted by Crippen LogP contribution is -2.28. The zero-order valence-corrected chi connectivity index (χ0v) is 14.7. The van der Waals surface area contributed by atoms with Gasteiger partial charge in [-0.3, -0.25) is 4.79 Å². The molecule has 138 valence electrons. The maximum Gasteiger partial charge on any atom is 0.340 e. The summed E-state index contributed by atoms with van der Waals surface area (Å²) in [4.78, 5) is 24.3. The highest BCUT2D eigenvalue weighted by Gasteiger charge is 2.17. The van der Waals surface area contributed by atoms with Crippen LogP contribution in [0.4, 0.5) is 0 Å². The van der Waals surface area contributed by atoms with E-state index in [0.29, 0.717) is 23.6 Å². The molecule has 7 heteroatoms. The molecule has 4 rings (SSSR count). The topological polar surface area (TPSA) is 78.8 Å². The van der Waals surface area contributed by atoms with Crippen molar-refractivity contribution in [3.63, 3.8) is 0 Å². The molecule has 0 atom stereocenters. The van der Waals surface area contributed by atoms with Crippen molar-refractivity contribution in [2.45, 2.75) is 6.54 Å². The molecule has 2 aromatic carbocycles. The summed E-state index contributed by atoms with van der Waals surface area (Å²) in [7, 11) is 1.86. The number of benzene rings is 2. The van der Waals surface area contributed by atoms with E-state index in [9.17, 15) is 9.59 Å². The second-order valence-electron chi connectivity index (χ2n) is 6.21. The molecule has 1 N–H and O–H groups in total. The molecule has 0 spiro atoms. The number of rotatable bonds is 5. The Labute approximate surface area is 155 Å². The molecule has 1 aliphatic rings. The van der Waals surface area contributed by atoms with Gasteiger partial charge in [0.05, 0.1) is 5.56 Å². The number of ether oxygens (including phenoxy) is 3. The number of nitrogens with zero attached hydrogens (tertiary/aromatic N) is 1. The van der Waals surface area contributed by atoms with Crippen LogP contribution in [0.5, 0.6) is 11.5 Å². The molecular formula is C20H18N2O5. The first-order chi connectivity index (χ1) is 13.1. The zero-order chi connectivity index (χ0) is 18.8. The Balaban J connectivity index is 1.33. The van der Waals surface area contributed by atoms with E-state index in [1.165, 1.54) is 0 Å². The van der Waals surface area contributed by atoms with Gasteiger partial charge in [0.1, 0.15) is 0 Å². The number of carbonyl (C=O) groups excluding carboxylic acids is 2. The fraction of sp³-hybridized carbons (Fsp3) is 0.200. The first-order valence-electron chi connectivity index (χ1n) is 8.48. The molecule has 0 saturated heterocycles. The van der Waals surface area contributed by atoms with Gasteiger partial charge in [0.15, 0.2) is 18.1 Å². The number of aromatic nitrogens is 1. The summed E-state index contributed by atoms with van der Waals surface area (Å²) in [6.07, 6.45) is 1.71. The Kier molecular flexibility index (Phi) is 4.42. The van der Waals surface area contributed by atoms with E-state index >= 15 is 0 Å². The number of amides is 1. The van der Waals surface area contributed by atoms with Gasteiger partial charge in [-0.25, -0.2) is 4.79 Å². The maximum absolute atomic E-state index is 12.3. The second kappa shape index (κ2) is 7.03. The van der Waals surface area contributed by atoms with E-state index in [-0.39, 0.29) is 19.3 Å². The summed E-state index contributed by atoms with van der Waals surface area (Å²) in [5.41, 5.74) is 2.24. The first kappa shape index (κ1) is 17.0. The number of carbonyl (C=O) groups is 2. The number of para-hydroxylation sites is 1. The highest BCUT2D eigenvalue weighted by molar-refractivity contribution is 6.04. The average molecular weight is 366 g/mol. The molecule has 0 aliphatic carbocycles. The van der Waals surface area contributed by atoms with Gasteiger partial charge in [-0.05, 0) is 23.8 Å². The molecule has 0 saturated carbocycles. The van der Waals surface area contributed by atoms with Crippen molar-refractivity contribution < 1.29 is 23.8 Å². The second-order valence-corrected chi connectivity index (χ2v) is 6.21. The standard InChI is InChI=1S/C20H18N2O5/c1-22-10-15(14-4-2-3-5-16(14)22)20(24)25-11-19(23)21-9-13-6-7-17-18(8-13)27-12-26-17/h2-8,10H,9,11-12H2,1H3,(H,21,23). The quantitative estimate of drug-likeness (QED) is 0.702. The lowest BCUT2D eigenvalue weighted by atomic mass is 10.2. The fourth-order valence-electron chi connectivity index (χ4n) is 3.02. The Morgan fingerprint density at radius 3 is 2.85 bits per heavy atom. The van der Waals surface area contributed by atoms with Gasteiger partial charge in [-0.15, -0.1) is 0 Å². The van der Waals surface area contributed by atoms with Gasteiger partial charge in [-0.2, -0.15) is 0 Å². The van der Waals surface area contributed by atoms with Crippen molar-refractivity contribution in [3.05, 3.63) is 59.8 Å². The van der Waals surface area contributed by atoms with Crippen molar-refractivity contribution in [2.24, 2.45) is 7.05 Å². The normalized spacial score (nSPS) is 12.2. The summed E-state index contributed by atoms with van der Waals surface area (Å²) >= 11 is 0. The summed E-state index contributed by atoms with van der Waals surface area (Å²) in [5.74, 6) is 0.449. The van der Waals surface area contributed by atoms with E-state index in [1.807, 2.05) is 48.0 Å². The number of nitrogens with one attached hydrogen (secondary N) is 1. The number of aryl methyl sites for hydroxylation is 1. The van der Waals surface area contributed by atoms with Gasteiger partial charge in [0.25, 0.3) is 5.91 Å². The van der Waals surface area contributed by atoms with E-state index in [0.717, 1.165) is 16.5 Å². The number of hydrogen-bond donors (Lipinski definition) is 1. The van der Waals surface area contributed by atoms with Gasteiger partial charge >= 0.3 is 5.97 Å². The third-order valence-electron chi connectivity index (χ3n) is 4.38. The van der Waals surface area contributed by atoms with Gasteiger partial charge in [0, 0.05) is 30.7 Å². The van der Waals surface area contributed by atoms with Crippen molar-refractivity contribution in [1.82, 2.24) is 9.88 Å². The molecule has 2 heterocycles. The van der Waals surface area contributed by atoms with Crippen LogP contribution in [-0.4, -0.2) is 29.8 Å². The molecule has 0 radical (unpaired) electrons. The first-order valence-corrected chi connectivity index (χ1v) is 8.48. The number of esters is 1. The monoisotopic (exact) mass is 366 g/mol. The van der Waals surface area contributed by atoms with Crippen LogP contribution >= 0.6 is 0 Å². The third kappa shape index (κ3) is 3.44. The minimum Gasteiger partial charge on any atom is -0.454 e. The summed E-state index contributed by atoms with van der Waals surface area (Å²) < 4.78 is 17.6. The minimum absolute atomic E-state index is 0.204. The highest BCUT2D eigenvalue weighted by atomic mass is 16.7. The molecule has 0 unspecified atom stereocenters. The van der Waals surface area contributed by atoms with Crippen LogP contribution in [0.1, 0.15) is 15.9 Å². The fourth-order valence-corrected chi connectivity index (χ4v) is 3.02. The van der Waals surface area contributed by atoms with Gasteiger partial charge < -0.3 is 24.1 Å². The van der Waals surface area contributed by atoms with Gasteiger partial charge in [-0.1, -0.05) is 24.3 Å². The smallest absolute Gasteiger partial charge is 0.340 e. The van der Waals surface area contributed by atoms with Crippen LogP contribution in [0, 0.1) is 0 Å². The summed E-state index contributed by atoms with van der Waals surface area (Å²) in [5, 5.41) is 3.52. The Morgan fingerprint density at radius 1 is 1.15 bits per heavy atom. The van der Waals surface area contributed by atoms with Crippen LogP contribution < -0.4 is 14.8 Å². The van der Waals surface area contributed by atoms with E-state index in [2.05, 4.69) is 5.32 Å². The molecule has 1 aromatic heterocycles. The van der Waals surface area contributed by atoms with Crippen molar-refractivity contribution in [1.29, 1.82) is 0 Å². The van der Waals surface area contributed by atoms with Crippen LogP contribution in [0.25, 0.3) is 10.9 Å².